The number of guanidine groups is 1. The number of carbonyl (C=O) groups excluding carboxylic acids is 1. The zero-order chi connectivity index (χ0) is 18.8. The molecular weight excluding hydrogens is 328 g/mol. The van der Waals surface area contributed by atoms with E-state index in [1.807, 2.05) is 6.92 Å². The topological polar surface area (TPSA) is 74.8 Å². The van der Waals surface area contributed by atoms with Crippen molar-refractivity contribution in [1.29, 1.82) is 0 Å². The summed E-state index contributed by atoms with van der Waals surface area (Å²) < 4.78 is 5.37. The van der Waals surface area contributed by atoms with Gasteiger partial charge in [0.1, 0.15) is 5.75 Å². The zero-order valence-corrected chi connectivity index (χ0v) is 16.2. The highest BCUT2D eigenvalue weighted by molar-refractivity contribution is 5.80. The third-order valence-corrected chi connectivity index (χ3v) is 4.82. The first-order valence-electron chi connectivity index (χ1n) is 9.49. The van der Waals surface area contributed by atoms with Crippen molar-refractivity contribution < 1.29 is 9.53 Å². The number of aliphatic imine (C=N–C) groups is 1. The first kappa shape index (κ1) is 20.1. The van der Waals surface area contributed by atoms with Gasteiger partial charge in [0.25, 0.3) is 0 Å². The number of nitrogens with zero attached hydrogens (tertiary/aromatic N) is 1. The number of hydrogen-bond donors (Lipinski definition) is 3. The van der Waals surface area contributed by atoms with Crippen LogP contribution in [0.1, 0.15) is 36.8 Å². The second kappa shape index (κ2) is 10.7. The van der Waals surface area contributed by atoms with E-state index in [-0.39, 0.29) is 11.8 Å². The van der Waals surface area contributed by atoms with Gasteiger partial charge in [0.05, 0.1) is 7.11 Å². The number of amides is 1. The van der Waals surface area contributed by atoms with Gasteiger partial charge in [0.15, 0.2) is 5.96 Å². The van der Waals surface area contributed by atoms with Gasteiger partial charge in [0, 0.05) is 32.6 Å². The van der Waals surface area contributed by atoms with Gasteiger partial charge in [-0.1, -0.05) is 18.6 Å². The van der Waals surface area contributed by atoms with E-state index < -0.39 is 0 Å². The van der Waals surface area contributed by atoms with Gasteiger partial charge < -0.3 is 20.7 Å². The Bertz CT molecular complexity index is 612. The van der Waals surface area contributed by atoms with Gasteiger partial charge in [-0.15, -0.1) is 0 Å². The molecule has 0 aromatic heterocycles. The Labute approximate surface area is 156 Å². The van der Waals surface area contributed by atoms with Crippen LogP contribution in [0.5, 0.6) is 5.75 Å². The maximum Gasteiger partial charge on any atom is 0.223 e. The van der Waals surface area contributed by atoms with E-state index in [0.717, 1.165) is 56.0 Å². The Morgan fingerprint density at radius 2 is 1.92 bits per heavy atom. The minimum Gasteiger partial charge on any atom is -0.496 e. The number of benzene rings is 1. The third-order valence-electron chi connectivity index (χ3n) is 4.82. The van der Waals surface area contributed by atoms with E-state index in [2.05, 4.69) is 39.1 Å². The van der Waals surface area contributed by atoms with Crippen LogP contribution < -0.4 is 20.7 Å². The molecule has 1 fully saturated rings. The van der Waals surface area contributed by atoms with Crippen molar-refractivity contribution in [1.82, 2.24) is 16.0 Å². The van der Waals surface area contributed by atoms with Crippen LogP contribution in [0.2, 0.25) is 0 Å². The molecule has 0 aliphatic heterocycles. The number of rotatable bonds is 9. The minimum atomic E-state index is 0.215. The standard InChI is InChI=1S/C20H32N4O2/c1-15-8-9-16(14-18(15)26-3)10-13-24-20(21-2)23-12-5-11-22-19(25)17-6-4-7-17/h8-9,14,17H,4-7,10-13H2,1-3H3,(H,22,25)(H2,21,23,24). The second-order valence-electron chi connectivity index (χ2n) is 6.75. The SMILES string of the molecule is CN=C(NCCCNC(=O)C1CCC1)NCCc1ccc(C)c(OC)c1. The molecule has 1 aliphatic rings. The number of nitrogens with one attached hydrogen (secondary N) is 3. The van der Waals surface area contributed by atoms with Crippen molar-refractivity contribution in [2.45, 2.75) is 39.0 Å². The van der Waals surface area contributed by atoms with Gasteiger partial charge in [-0.2, -0.15) is 0 Å². The molecule has 6 nitrogen and oxygen atoms in total. The van der Waals surface area contributed by atoms with Gasteiger partial charge in [-0.05, 0) is 49.8 Å². The fourth-order valence-corrected chi connectivity index (χ4v) is 2.89. The Hall–Kier alpha value is -2.24. The van der Waals surface area contributed by atoms with Crippen molar-refractivity contribution in [2.24, 2.45) is 10.9 Å². The summed E-state index contributed by atoms with van der Waals surface area (Å²) in [5.41, 5.74) is 2.38. The van der Waals surface area contributed by atoms with Crippen LogP contribution in [-0.4, -0.2) is 45.7 Å². The maximum absolute atomic E-state index is 11.7. The van der Waals surface area contributed by atoms with Crippen molar-refractivity contribution in [2.75, 3.05) is 33.8 Å². The highest BCUT2D eigenvalue weighted by Crippen LogP contribution is 2.26. The summed E-state index contributed by atoms with van der Waals surface area (Å²) in [4.78, 5) is 16.0. The molecule has 0 saturated heterocycles. The fraction of sp³-hybridized carbons (Fsp3) is 0.600. The second-order valence-corrected chi connectivity index (χ2v) is 6.75. The molecule has 1 aromatic carbocycles. The Balaban J connectivity index is 1.59. The summed E-state index contributed by atoms with van der Waals surface area (Å²) in [7, 11) is 3.47. The molecule has 26 heavy (non-hydrogen) atoms. The van der Waals surface area contributed by atoms with Gasteiger partial charge in [-0.3, -0.25) is 9.79 Å². The predicted octanol–water partition coefficient (Wildman–Crippen LogP) is 2.02. The van der Waals surface area contributed by atoms with Crippen molar-refractivity contribution in [3.63, 3.8) is 0 Å². The van der Waals surface area contributed by atoms with Crippen LogP contribution in [-0.2, 0) is 11.2 Å². The van der Waals surface area contributed by atoms with Crippen LogP contribution in [0.15, 0.2) is 23.2 Å². The summed E-state index contributed by atoms with van der Waals surface area (Å²) in [5.74, 6) is 2.19. The smallest absolute Gasteiger partial charge is 0.223 e. The monoisotopic (exact) mass is 360 g/mol. The Kier molecular flexibility index (Phi) is 8.25. The number of hydrogen-bond acceptors (Lipinski definition) is 3. The van der Waals surface area contributed by atoms with Crippen LogP contribution in [0.25, 0.3) is 0 Å². The lowest BCUT2D eigenvalue weighted by Gasteiger charge is -2.24. The van der Waals surface area contributed by atoms with E-state index in [1.54, 1.807) is 14.2 Å². The lowest BCUT2D eigenvalue weighted by molar-refractivity contribution is -0.127. The summed E-state index contributed by atoms with van der Waals surface area (Å²) in [5, 5.41) is 9.60. The highest BCUT2D eigenvalue weighted by Gasteiger charge is 2.24. The van der Waals surface area contributed by atoms with Gasteiger partial charge in [-0.25, -0.2) is 0 Å². The zero-order valence-electron chi connectivity index (χ0n) is 16.2. The molecule has 0 unspecified atom stereocenters. The highest BCUT2D eigenvalue weighted by atomic mass is 16.5. The van der Waals surface area contributed by atoms with Crippen molar-refractivity contribution >= 4 is 11.9 Å². The van der Waals surface area contributed by atoms with Gasteiger partial charge >= 0.3 is 0 Å². The summed E-state index contributed by atoms with van der Waals surface area (Å²) >= 11 is 0. The molecule has 1 saturated carbocycles. The number of ether oxygens (including phenoxy) is 1. The summed E-state index contributed by atoms with van der Waals surface area (Å²) in [6.07, 6.45) is 5.07. The molecule has 0 spiro atoms. The molecular formula is C20H32N4O2. The molecule has 6 heteroatoms. The summed E-state index contributed by atoms with van der Waals surface area (Å²) in [6.45, 7) is 4.33. The molecule has 1 aromatic rings. The molecule has 144 valence electrons. The first-order valence-corrected chi connectivity index (χ1v) is 9.49. The average molecular weight is 361 g/mol. The lowest BCUT2D eigenvalue weighted by atomic mass is 9.85. The predicted molar refractivity (Wildman–Crippen MR) is 106 cm³/mol. The van der Waals surface area contributed by atoms with Crippen LogP contribution in [0.3, 0.4) is 0 Å². The van der Waals surface area contributed by atoms with E-state index in [1.165, 1.54) is 12.0 Å². The van der Waals surface area contributed by atoms with E-state index in [0.29, 0.717) is 6.54 Å². The van der Waals surface area contributed by atoms with Gasteiger partial charge in [0.2, 0.25) is 5.91 Å². The molecule has 0 bridgehead atoms. The molecule has 2 rings (SSSR count). The number of carbonyl (C=O) groups is 1. The quantitative estimate of drug-likeness (QED) is 0.358. The van der Waals surface area contributed by atoms with Crippen molar-refractivity contribution in [3.8, 4) is 5.75 Å². The molecule has 0 atom stereocenters. The van der Waals surface area contributed by atoms with Crippen LogP contribution in [0, 0.1) is 12.8 Å². The molecule has 1 amide bonds. The molecule has 3 N–H and O–H groups in total. The molecule has 0 radical (unpaired) electrons. The first-order chi connectivity index (χ1) is 12.6. The van der Waals surface area contributed by atoms with Crippen LogP contribution >= 0.6 is 0 Å². The average Bonchev–Trinajstić information content (AvgIpc) is 2.59. The third kappa shape index (κ3) is 6.24. The fourth-order valence-electron chi connectivity index (χ4n) is 2.89. The molecule has 0 heterocycles. The van der Waals surface area contributed by atoms with E-state index >= 15 is 0 Å². The Morgan fingerprint density at radius 3 is 2.58 bits per heavy atom. The van der Waals surface area contributed by atoms with Crippen LogP contribution in [0.4, 0.5) is 0 Å². The molecule has 1 aliphatic carbocycles. The summed E-state index contributed by atoms with van der Waals surface area (Å²) in [6, 6.07) is 6.29. The lowest BCUT2D eigenvalue weighted by Crippen LogP contribution is -2.40. The number of methoxy groups -OCH3 is 1. The van der Waals surface area contributed by atoms with Crippen molar-refractivity contribution in [3.05, 3.63) is 29.3 Å². The van der Waals surface area contributed by atoms with E-state index in [9.17, 15) is 4.79 Å². The Morgan fingerprint density at radius 1 is 1.19 bits per heavy atom. The normalized spacial score (nSPS) is 14.5. The maximum atomic E-state index is 11.7. The minimum absolute atomic E-state index is 0.215. The van der Waals surface area contributed by atoms with E-state index in [4.69, 9.17) is 4.74 Å². The largest absolute Gasteiger partial charge is 0.496 e. The number of aryl methyl sites for hydroxylation is 1.